The van der Waals surface area contributed by atoms with Crippen LogP contribution in [0.5, 0.6) is 0 Å². The highest BCUT2D eigenvalue weighted by Crippen LogP contribution is 1.84. The molecule has 0 aromatic rings. The van der Waals surface area contributed by atoms with E-state index < -0.39 is 6.17 Å². The molecule has 1 aliphatic rings. The van der Waals surface area contributed by atoms with Crippen LogP contribution in [0.2, 0.25) is 0 Å². The lowest BCUT2D eigenvalue weighted by molar-refractivity contribution is -0.120. The predicted octanol–water partition coefficient (Wildman–Crippen LogP) is -1.40. The summed E-state index contributed by atoms with van der Waals surface area (Å²) in [6.07, 6.45) is -0.900. The van der Waals surface area contributed by atoms with Crippen LogP contribution in [0.1, 0.15) is 0 Å². The third kappa shape index (κ3) is 0.775. The fraction of sp³-hybridized carbons (Fsp3) is 0.333. The first-order valence-corrected chi connectivity index (χ1v) is 2.43. The van der Waals surface area contributed by atoms with E-state index in [1.807, 2.05) is 0 Å². The lowest BCUT2D eigenvalue weighted by atomic mass is 10.5. The van der Waals surface area contributed by atoms with Crippen LogP contribution in [0.4, 0.5) is 0 Å². The van der Waals surface area contributed by atoms with Crippen molar-refractivity contribution in [1.29, 1.82) is 0 Å². The van der Waals surface area contributed by atoms with E-state index in [9.17, 15) is 4.79 Å². The van der Waals surface area contributed by atoms with Crippen molar-refractivity contribution in [2.24, 2.45) is 0 Å². The van der Waals surface area contributed by atoms with E-state index in [1.54, 1.807) is 0 Å². The number of amides is 1. The first-order valence-electron chi connectivity index (χ1n) is 2.02. The van der Waals surface area contributed by atoms with Crippen LogP contribution < -0.4 is 16.4 Å². The molecule has 1 rings (SSSR count). The molecule has 1 saturated heterocycles. The van der Waals surface area contributed by atoms with Crippen LogP contribution in [0.3, 0.4) is 0 Å². The topological polar surface area (TPSA) is 64.9 Å². The van der Waals surface area contributed by atoms with Crippen LogP contribution >= 0.6 is 12.2 Å². The molecule has 0 aromatic heterocycles. The second kappa shape index (κ2) is 1.68. The highest BCUT2D eigenvalue weighted by molar-refractivity contribution is 7.80. The van der Waals surface area contributed by atoms with Gasteiger partial charge < -0.3 is 10.6 Å². The summed E-state index contributed by atoms with van der Waals surface area (Å²) in [5, 5.41) is 4.91. The highest BCUT2D eigenvalue weighted by Gasteiger charge is 2.22. The zero-order valence-electron chi connectivity index (χ0n) is 3.89. The molecule has 1 fully saturated rings. The van der Waals surface area contributed by atoms with Gasteiger partial charge in [0.1, 0.15) is 0 Å². The van der Waals surface area contributed by atoms with Gasteiger partial charge in [0.05, 0.1) is 0 Å². The van der Waals surface area contributed by atoms with Crippen molar-refractivity contribution in [2.45, 2.75) is 6.17 Å². The van der Waals surface area contributed by atoms with Crippen molar-refractivity contribution >= 4 is 23.2 Å². The normalized spacial score (nSPS) is 27.4. The monoisotopic (exact) mass is 130 g/mol. The van der Waals surface area contributed by atoms with Gasteiger partial charge in [-0.05, 0) is 12.2 Å². The largest absolute Gasteiger partial charge is 0.338 e. The Labute approximate surface area is 51.4 Å². The molecule has 1 amide bonds. The maximum absolute atomic E-state index is 10.3. The van der Waals surface area contributed by atoms with Crippen LogP contribution in [0.25, 0.3) is 0 Å². The number of thiocarbonyl (C=S) groups is 1. The number of carbonyl (C=O) groups excluding carboxylic acids is 1. The molecule has 1 atom stereocenters. The molecule has 5 heteroatoms. The lowest BCUT2D eigenvalue weighted by Gasteiger charge is -1.92. The van der Waals surface area contributed by atoms with Crippen molar-refractivity contribution in [1.82, 2.24) is 16.4 Å². The molecule has 1 radical (unpaired) electrons. The fourth-order valence-electron chi connectivity index (χ4n) is 0.417. The van der Waals surface area contributed by atoms with Crippen molar-refractivity contribution in [3.63, 3.8) is 0 Å². The van der Waals surface area contributed by atoms with Gasteiger partial charge in [-0.3, -0.25) is 4.79 Å². The second-order valence-corrected chi connectivity index (χ2v) is 1.80. The van der Waals surface area contributed by atoms with Crippen molar-refractivity contribution in [3.8, 4) is 0 Å². The molecule has 3 N–H and O–H groups in total. The number of hydrogen-bond acceptors (Lipinski definition) is 2. The summed E-state index contributed by atoms with van der Waals surface area (Å²) >= 11 is 4.51. The molecule has 0 saturated carbocycles. The molecule has 1 unspecified atom stereocenters. The summed E-state index contributed by atoms with van der Waals surface area (Å²) in [5.74, 6) is -0.380. The molecule has 1 heterocycles. The summed E-state index contributed by atoms with van der Waals surface area (Å²) in [4.78, 5) is 10.3. The van der Waals surface area contributed by atoms with Gasteiger partial charge in [0.25, 0.3) is 5.91 Å². The highest BCUT2D eigenvalue weighted by atomic mass is 32.1. The summed E-state index contributed by atoms with van der Waals surface area (Å²) in [6.45, 7) is 0. The van der Waals surface area contributed by atoms with Crippen molar-refractivity contribution < 1.29 is 4.79 Å². The zero-order valence-corrected chi connectivity index (χ0v) is 4.71. The first-order chi connectivity index (χ1) is 3.70. The van der Waals surface area contributed by atoms with E-state index >= 15 is 0 Å². The minimum atomic E-state index is -0.900. The number of carbonyl (C=O) groups is 1. The standard InChI is InChI=1S/C3H4N3OS/c4-1-2(7)6-3(8)5-1/h1,4H,(H2,5,6,7,8). The number of nitrogens with one attached hydrogen (secondary N) is 3. The zero-order chi connectivity index (χ0) is 6.15. The summed E-state index contributed by atoms with van der Waals surface area (Å²) in [5.41, 5.74) is 6.86. The van der Waals surface area contributed by atoms with Gasteiger partial charge in [-0.25, -0.2) is 5.73 Å². The Kier molecular flexibility index (Phi) is 1.15. The summed E-state index contributed by atoms with van der Waals surface area (Å²) in [6, 6.07) is 0. The molecule has 1 aliphatic heterocycles. The van der Waals surface area contributed by atoms with Crippen molar-refractivity contribution in [3.05, 3.63) is 0 Å². The maximum Gasteiger partial charge on any atom is 0.264 e. The van der Waals surface area contributed by atoms with Crippen LogP contribution in [0, 0.1) is 0 Å². The van der Waals surface area contributed by atoms with E-state index in [4.69, 9.17) is 5.73 Å². The number of rotatable bonds is 0. The van der Waals surface area contributed by atoms with Gasteiger partial charge in [-0.2, -0.15) is 0 Å². The Morgan fingerprint density at radius 2 is 2.38 bits per heavy atom. The SMILES string of the molecule is [NH]C1NC(=S)NC1=O. The van der Waals surface area contributed by atoms with Gasteiger partial charge in [-0.1, -0.05) is 0 Å². The Morgan fingerprint density at radius 3 is 2.50 bits per heavy atom. The smallest absolute Gasteiger partial charge is 0.264 e. The fourth-order valence-corrected chi connectivity index (χ4v) is 0.635. The Hall–Kier alpha value is -0.680. The van der Waals surface area contributed by atoms with Gasteiger partial charge in [0.2, 0.25) is 0 Å². The lowest BCUT2D eigenvalue weighted by Crippen LogP contribution is -2.29. The molecule has 4 nitrogen and oxygen atoms in total. The summed E-state index contributed by atoms with van der Waals surface area (Å²) < 4.78 is 0. The molecule has 0 aliphatic carbocycles. The van der Waals surface area contributed by atoms with Gasteiger partial charge in [-0.15, -0.1) is 0 Å². The third-order valence-corrected chi connectivity index (χ3v) is 0.994. The molecule has 0 bridgehead atoms. The first kappa shape index (κ1) is 5.46. The molecular formula is C3H4N3OS. The van der Waals surface area contributed by atoms with E-state index in [0.717, 1.165) is 0 Å². The van der Waals surface area contributed by atoms with Crippen LogP contribution in [-0.4, -0.2) is 17.2 Å². The predicted molar refractivity (Wildman–Crippen MR) is 30.8 cm³/mol. The molecule has 0 spiro atoms. The van der Waals surface area contributed by atoms with Crippen molar-refractivity contribution in [2.75, 3.05) is 0 Å². The molecule has 8 heavy (non-hydrogen) atoms. The van der Waals surface area contributed by atoms with E-state index in [-0.39, 0.29) is 11.0 Å². The Balaban J connectivity index is 2.64. The van der Waals surface area contributed by atoms with Gasteiger partial charge >= 0.3 is 0 Å². The quantitative estimate of drug-likeness (QED) is 0.396. The summed E-state index contributed by atoms with van der Waals surface area (Å²) in [7, 11) is 0. The van der Waals surface area contributed by atoms with E-state index in [1.165, 1.54) is 0 Å². The number of hydrogen-bond donors (Lipinski definition) is 2. The van der Waals surface area contributed by atoms with E-state index in [2.05, 4.69) is 22.9 Å². The average Bonchev–Trinajstić information content (AvgIpc) is 1.85. The average molecular weight is 130 g/mol. The van der Waals surface area contributed by atoms with Gasteiger partial charge in [0, 0.05) is 0 Å². The third-order valence-electron chi connectivity index (χ3n) is 0.774. The Morgan fingerprint density at radius 1 is 1.75 bits per heavy atom. The molecule has 43 valence electrons. The Bertz CT molecular complexity index is 145. The molecular weight excluding hydrogens is 126 g/mol. The second-order valence-electron chi connectivity index (χ2n) is 1.40. The van der Waals surface area contributed by atoms with Crippen LogP contribution in [-0.2, 0) is 4.79 Å². The van der Waals surface area contributed by atoms with E-state index in [0.29, 0.717) is 0 Å². The minimum Gasteiger partial charge on any atom is -0.338 e. The van der Waals surface area contributed by atoms with Gasteiger partial charge in [0.15, 0.2) is 11.3 Å². The minimum absolute atomic E-state index is 0.245. The van der Waals surface area contributed by atoms with Crippen LogP contribution in [0.15, 0.2) is 0 Å². The maximum atomic E-state index is 10.3. The molecule has 0 aromatic carbocycles.